The van der Waals surface area contributed by atoms with Crippen LogP contribution in [0.2, 0.25) is 0 Å². The lowest BCUT2D eigenvalue weighted by molar-refractivity contribution is -0.116. The van der Waals surface area contributed by atoms with Crippen LogP contribution in [-0.2, 0) is 4.79 Å². The first-order valence-electron chi connectivity index (χ1n) is 7.15. The lowest BCUT2D eigenvalue weighted by Gasteiger charge is -2.14. The van der Waals surface area contributed by atoms with E-state index in [1.165, 1.54) is 6.07 Å². The quantitative estimate of drug-likeness (QED) is 0.846. The summed E-state index contributed by atoms with van der Waals surface area (Å²) in [4.78, 5) is 11.5. The highest BCUT2D eigenvalue weighted by molar-refractivity contribution is 5.90. The van der Waals surface area contributed by atoms with E-state index in [1.54, 1.807) is 12.1 Å². The molecule has 1 aromatic rings. The Bertz CT molecular complexity index is 465. The summed E-state index contributed by atoms with van der Waals surface area (Å²) in [5.41, 5.74) is 5.78. The fraction of sp³-hybridized carbons (Fsp3) is 0.533. The lowest BCUT2D eigenvalue weighted by atomic mass is 10.2. The number of carbonyl (C=O) groups excluding carboxylic acids is 1. The Kier molecular flexibility index (Phi) is 7.47. The SMILES string of the molecule is Cl.NCCCC(=O)Nc1ccc(OC2CCCC2)c(F)c1. The molecular formula is C15H22ClFN2O2. The Labute approximate surface area is 130 Å². The van der Waals surface area contributed by atoms with Gasteiger partial charge in [0.2, 0.25) is 5.91 Å². The second kappa shape index (κ2) is 8.85. The summed E-state index contributed by atoms with van der Waals surface area (Å²) in [6.45, 7) is 0.468. The average molecular weight is 317 g/mol. The van der Waals surface area contributed by atoms with Gasteiger partial charge in [-0.2, -0.15) is 0 Å². The topological polar surface area (TPSA) is 64.4 Å². The van der Waals surface area contributed by atoms with Gasteiger partial charge in [0.05, 0.1) is 6.10 Å². The van der Waals surface area contributed by atoms with Gasteiger partial charge in [0.25, 0.3) is 0 Å². The number of anilines is 1. The van der Waals surface area contributed by atoms with Crippen molar-refractivity contribution in [1.29, 1.82) is 0 Å². The van der Waals surface area contributed by atoms with Gasteiger partial charge in [0.1, 0.15) is 0 Å². The van der Waals surface area contributed by atoms with Gasteiger partial charge in [-0.25, -0.2) is 4.39 Å². The summed E-state index contributed by atoms with van der Waals surface area (Å²) in [7, 11) is 0. The number of nitrogens with two attached hydrogens (primary N) is 1. The van der Waals surface area contributed by atoms with Gasteiger partial charge in [-0.05, 0) is 50.8 Å². The van der Waals surface area contributed by atoms with Crippen LogP contribution in [0, 0.1) is 5.82 Å². The molecule has 0 aliphatic heterocycles. The van der Waals surface area contributed by atoms with Crippen molar-refractivity contribution in [2.45, 2.75) is 44.6 Å². The maximum Gasteiger partial charge on any atom is 0.224 e. The van der Waals surface area contributed by atoms with Crippen molar-refractivity contribution >= 4 is 24.0 Å². The minimum absolute atomic E-state index is 0. The predicted molar refractivity (Wildman–Crippen MR) is 83.5 cm³/mol. The van der Waals surface area contributed by atoms with Crippen molar-refractivity contribution < 1.29 is 13.9 Å². The minimum atomic E-state index is -0.437. The smallest absolute Gasteiger partial charge is 0.224 e. The summed E-state index contributed by atoms with van der Waals surface area (Å²) < 4.78 is 19.5. The van der Waals surface area contributed by atoms with Crippen molar-refractivity contribution in [2.75, 3.05) is 11.9 Å². The Morgan fingerprint density at radius 2 is 2.10 bits per heavy atom. The van der Waals surface area contributed by atoms with E-state index in [0.29, 0.717) is 25.1 Å². The second-order valence-corrected chi connectivity index (χ2v) is 5.11. The first-order chi connectivity index (χ1) is 9.69. The molecule has 0 radical (unpaired) electrons. The molecule has 0 bridgehead atoms. The fourth-order valence-electron chi connectivity index (χ4n) is 2.35. The summed E-state index contributed by atoms with van der Waals surface area (Å²) in [5.74, 6) is -0.329. The molecule has 0 unspecified atom stereocenters. The number of hydrogen-bond acceptors (Lipinski definition) is 3. The summed E-state index contributed by atoms with van der Waals surface area (Å²) in [5, 5.41) is 2.65. The minimum Gasteiger partial charge on any atom is -0.487 e. The molecule has 118 valence electrons. The molecule has 1 aliphatic rings. The van der Waals surface area contributed by atoms with Gasteiger partial charge in [0, 0.05) is 18.2 Å². The highest BCUT2D eigenvalue weighted by atomic mass is 35.5. The van der Waals surface area contributed by atoms with Crippen LogP contribution >= 0.6 is 12.4 Å². The van der Waals surface area contributed by atoms with Gasteiger partial charge in [0.15, 0.2) is 11.6 Å². The molecule has 1 amide bonds. The highest BCUT2D eigenvalue weighted by Gasteiger charge is 2.18. The molecule has 1 aromatic carbocycles. The lowest BCUT2D eigenvalue weighted by Crippen LogP contribution is -2.14. The van der Waals surface area contributed by atoms with Crippen LogP contribution < -0.4 is 15.8 Å². The van der Waals surface area contributed by atoms with Crippen molar-refractivity contribution in [2.24, 2.45) is 5.73 Å². The third kappa shape index (κ3) is 5.52. The van der Waals surface area contributed by atoms with E-state index in [-0.39, 0.29) is 30.2 Å². The van der Waals surface area contributed by atoms with Crippen LogP contribution in [0.5, 0.6) is 5.75 Å². The predicted octanol–water partition coefficient (Wildman–Crippen LogP) is 3.25. The Hall–Kier alpha value is -1.33. The monoisotopic (exact) mass is 316 g/mol. The van der Waals surface area contributed by atoms with Crippen LogP contribution in [-0.4, -0.2) is 18.6 Å². The van der Waals surface area contributed by atoms with Crippen molar-refractivity contribution in [3.05, 3.63) is 24.0 Å². The molecule has 4 nitrogen and oxygen atoms in total. The largest absolute Gasteiger partial charge is 0.487 e. The van der Waals surface area contributed by atoms with E-state index in [4.69, 9.17) is 10.5 Å². The van der Waals surface area contributed by atoms with Gasteiger partial charge >= 0.3 is 0 Å². The Morgan fingerprint density at radius 3 is 2.71 bits per heavy atom. The third-order valence-corrected chi connectivity index (χ3v) is 3.42. The number of amides is 1. The van der Waals surface area contributed by atoms with Gasteiger partial charge in [-0.3, -0.25) is 4.79 Å². The van der Waals surface area contributed by atoms with Crippen LogP contribution in [0.15, 0.2) is 18.2 Å². The number of halogens is 2. The van der Waals surface area contributed by atoms with E-state index in [2.05, 4.69) is 5.32 Å². The van der Waals surface area contributed by atoms with Gasteiger partial charge in [-0.1, -0.05) is 0 Å². The molecule has 3 N–H and O–H groups in total. The molecule has 0 heterocycles. The summed E-state index contributed by atoms with van der Waals surface area (Å²) in [6, 6.07) is 4.53. The zero-order chi connectivity index (χ0) is 14.4. The molecule has 6 heteroatoms. The molecule has 0 spiro atoms. The number of rotatable bonds is 6. The Morgan fingerprint density at radius 1 is 1.38 bits per heavy atom. The third-order valence-electron chi connectivity index (χ3n) is 3.42. The number of hydrogen-bond donors (Lipinski definition) is 2. The molecule has 0 aromatic heterocycles. The normalized spacial score (nSPS) is 14.6. The van der Waals surface area contributed by atoms with E-state index in [0.717, 1.165) is 25.7 Å². The van der Waals surface area contributed by atoms with Crippen LogP contribution in [0.3, 0.4) is 0 Å². The number of nitrogens with one attached hydrogen (secondary N) is 1. The second-order valence-electron chi connectivity index (χ2n) is 5.11. The van der Waals surface area contributed by atoms with E-state index in [9.17, 15) is 9.18 Å². The summed E-state index contributed by atoms with van der Waals surface area (Å²) >= 11 is 0. The molecule has 1 aliphatic carbocycles. The van der Waals surface area contributed by atoms with Crippen molar-refractivity contribution in [3.8, 4) is 5.75 Å². The van der Waals surface area contributed by atoms with Gasteiger partial charge < -0.3 is 15.8 Å². The maximum absolute atomic E-state index is 13.9. The van der Waals surface area contributed by atoms with Crippen molar-refractivity contribution in [3.63, 3.8) is 0 Å². The average Bonchev–Trinajstić information content (AvgIpc) is 2.92. The molecule has 2 rings (SSSR count). The van der Waals surface area contributed by atoms with Gasteiger partial charge in [-0.15, -0.1) is 12.4 Å². The van der Waals surface area contributed by atoms with E-state index in [1.807, 2.05) is 0 Å². The van der Waals surface area contributed by atoms with E-state index < -0.39 is 5.82 Å². The van der Waals surface area contributed by atoms with Crippen molar-refractivity contribution in [1.82, 2.24) is 0 Å². The highest BCUT2D eigenvalue weighted by Crippen LogP contribution is 2.27. The Balaban J connectivity index is 0.00000220. The number of carbonyl (C=O) groups is 1. The molecule has 0 atom stereocenters. The first-order valence-corrected chi connectivity index (χ1v) is 7.15. The van der Waals surface area contributed by atoms with Crippen LogP contribution in [0.25, 0.3) is 0 Å². The van der Waals surface area contributed by atoms with Crippen LogP contribution in [0.1, 0.15) is 38.5 Å². The molecular weight excluding hydrogens is 295 g/mol. The summed E-state index contributed by atoms with van der Waals surface area (Å²) in [6.07, 6.45) is 5.33. The standard InChI is InChI=1S/C15H21FN2O2.ClH/c16-13-10-11(18-15(19)6-3-9-17)7-8-14(13)20-12-4-1-2-5-12;/h7-8,10,12H,1-6,9,17H2,(H,18,19);1H. The molecule has 0 saturated heterocycles. The zero-order valence-electron chi connectivity index (χ0n) is 11.9. The zero-order valence-corrected chi connectivity index (χ0v) is 12.8. The maximum atomic E-state index is 13.9. The molecule has 21 heavy (non-hydrogen) atoms. The van der Waals surface area contributed by atoms with E-state index >= 15 is 0 Å². The number of ether oxygens (including phenoxy) is 1. The van der Waals surface area contributed by atoms with Crippen LogP contribution in [0.4, 0.5) is 10.1 Å². The molecule has 1 saturated carbocycles. The molecule has 1 fully saturated rings. The fourth-order valence-corrected chi connectivity index (χ4v) is 2.35. The first kappa shape index (κ1) is 17.7. The number of benzene rings is 1.